The second-order valence-corrected chi connectivity index (χ2v) is 7.49. The third-order valence-corrected chi connectivity index (χ3v) is 5.20. The number of aliphatic imine (C=N–C) groups is 1. The van der Waals surface area contributed by atoms with Gasteiger partial charge in [-0.05, 0) is 39.1 Å². The van der Waals surface area contributed by atoms with Gasteiger partial charge in [-0.25, -0.2) is 0 Å². The number of halogens is 1. The van der Waals surface area contributed by atoms with Crippen LogP contribution in [-0.4, -0.2) is 70.0 Å². The van der Waals surface area contributed by atoms with Crippen molar-refractivity contribution >= 4 is 35.8 Å². The fourth-order valence-electron chi connectivity index (χ4n) is 3.68. The van der Waals surface area contributed by atoms with E-state index in [-0.39, 0.29) is 41.3 Å². The van der Waals surface area contributed by atoms with Crippen molar-refractivity contribution in [3.05, 3.63) is 24.2 Å². The molecule has 1 aliphatic rings. The zero-order valence-corrected chi connectivity index (χ0v) is 19.4. The van der Waals surface area contributed by atoms with Crippen LogP contribution in [-0.2, 0) is 4.79 Å². The van der Waals surface area contributed by atoms with Crippen molar-refractivity contribution in [1.82, 2.24) is 20.4 Å². The van der Waals surface area contributed by atoms with Gasteiger partial charge in [-0.1, -0.05) is 12.8 Å². The van der Waals surface area contributed by atoms with Crippen LogP contribution in [0.15, 0.2) is 27.8 Å². The number of hydrogen-bond donors (Lipinski definition) is 2. The Hall–Kier alpha value is -1.29. The van der Waals surface area contributed by atoms with Crippen LogP contribution in [0.5, 0.6) is 0 Å². The molecule has 2 rings (SSSR count). The van der Waals surface area contributed by atoms with Crippen LogP contribution >= 0.6 is 24.0 Å². The molecule has 1 heterocycles. The Morgan fingerprint density at radius 3 is 2.41 bits per heavy atom. The number of likely N-dealkylation sites (N-methyl/N-ethyl adjacent to an activating group) is 1. The number of carbonyl (C=O) groups is 1. The Bertz CT molecular complexity index is 595. The summed E-state index contributed by atoms with van der Waals surface area (Å²) in [6, 6.07) is 3.98. The molecule has 7 nitrogen and oxygen atoms in total. The molecule has 1 aliphatic carbocycles. The van der Waals surface area contributed by atoms with E-state index in [0.717, 1.165) is 31.4 Å². The topological polar surface area (TPSA) is 73.1 Å². The fourth-order valence-corrected chi connectivity index (χ4v) is 3.68. The lowest BCUT2D eigenvalue weighted by Gasteiger charge is -2.31. The second kappa shape index (κ2) is 10.9. The first-order chi connectivity index (χ1) is 12.4. The van der Waals surface area contributed by atoms with Crippen LogP contribution in [0.3, 0.4) is 0 Å². The molecule has 1 unspecified atom stereocenters. The van der Waals surface area contributed by atoms with E-state index in [1.807, 2.05) is 40.3 Å². The van der Waals surface area contributed by atoms with Crippen LogP contribution < -0.4 is 10.6 Å². The number of amides is 1. The minimum atomic E-state index is -0.316. The summed E-state index contributed by atoms with van der Waals surface area (Å²) in [7, 11) is 9.46. The molecule has 1 atom stereocenters. The van der Waals surface area contributed by atoms with Crippen LogP contribution in [0.2, 0.25) is 0 Å². The Balaban J connectivity index is 0.00000364. The SMILES string of the molecule is CN=C(NCC(c1ccco1)N(C)C)NCC1(C(=O)N(C)C)CCCC1.I. The van der Waals surface area contributed by atoms with Crippen LogP contribution in [0.25, 0.3) is 0 Å². The van der Waals surface area contributed by atoms with Crippen LogP contribution in [0, 0.1) is 5.41 Å². The lowest BCUT2D eigenvalue weighted by Crippen LogP contribution is -2.50. The Kier molecular flexibility index (Phi) is 9.58. The number of rotatable bonds is 7. The molecule has 0 aromatic carbocycles. The van der Waals surface area contributed by atoms with E-state index in [9.17, 15) is 4.79 Å². The fraction of sp³-hybridized carbons (Fsp3) is 0.684. The number of hydrogen-bond acceptors (Lipinski definition) is 4. The first-order valence-electron chi connectivity index (χ1n) is 9.26. The summed E-state index contributed by atoms with van der Waals surface area (Å²) in [5.74, 6) is 1.83. The standard InChI is InChI=1S/C19H33N5O2.HI/c1-20-18(21-13-15(23(2)3)16-9-8-12-26-16)22-14-19(10-6-7-11-19)17(25)24(4)5;/h8-9,12,15H,6-7,10-11,13-14H2,1-5H3,(H2,20,21,22);1H. The zero-order chi connectivity index (χ0) is 19.2. The molecule has 1 aromatic heterocycles. The molecular weight excluding hydrogens is 457 g/mol. The Labute approximate surface area is 180 Å². The van der Waals surface area contributed by atoms with Crippen molar-refractivity contribution in [2.24, 2.45) is 10.4 Å². The largest absolute Gasteiger partial charge is 0.468 e. The summed E-state index contributed by atoms with van der Waals surface area (Å²) < 4.78 is 5.55. The van der Waals surface area contributed by atoms with E-state index < -0.39 is 0 Å². The normalized spacial score (nSPS) is 17.3. The van der Waals surface area contributed by atoms with Gasteiger partial charge in [0.15, 0.2) is 5.96 Å². The molecule has 27 heavy (non-hydrogen) atoms. The average Bonchev–Trinajstić information content (AvgIpc) is 3.29. The summed E-state index contributed by atoms with van der Waals surface area (Å²) in [5, 5.41) is 6.73. The smallest absolute Gasteiger partial charge is 0.230 e. The lowest BCUT2D eigenvalue weighted by molar-refractivity contribution is -0.138. The van der Waals surface area contributed by atoms with Gasteiger partial charge in [0.2, 0.25) is 5.91 Å². The van der Waals surface area contributed by atoms with Gasteiger partial charge < -0.3 is 20.0 Å². The van der Waals surface area contributed by atoms with E-state index in [1.165, 1.54) is 0 Å². The predicted octanol–water partition coefficient (Wildman–Crippen LogP) is 2.31. The summed E-state index contributed by atoms with van der Waals surface area (Å²) in [4.78, 5) is 20.8. The molecule has 0 spiro atoms. The van der Waals surface area contributed by atoms with Crippen molar-refractivity contribution in [2.75, 3.05) is 48.3 Å². The third kappa shape index (κ3) is 6.10. The number of furan rings is 1. The predicted molar refractivity (Wildman–Crippen MR) is 120 cm³/mol. The van der Waals surface area contributed by atoms with Gasteiger partial charge >= 0.3 is 0 Å². The second-order valence-electron chi connectivity index (χ2n) is 7.49. The lowest BCUT2D eigenvalue weighted by atomic mass is 9.84. The molecule has 2 N–H and O–H groups in total. The number of carbonyl (C=O) groups excluding carboxylic acids is 1. The maximum absolute atomic E-state index is 12.7. The number of nitrogens with zero attached hydrogens (tertiary/aromatic N) is 3. The number of guanidine groups is 1. The van der Waals surface area contributed by atoms with Crippen molar-refractivity contribution in [3.8, 4) is 0 Å². The zero-order valence-electron chi connectivity index (χ0n) is 17.1. The van der Waals surface area contributed by atoms with E-state index in [0.29, 0.717) is 19.0 Å². The minimum absolute atomic E-state index is 0. The van der Waals surface area contributed by atoms with E-state index in [1.54, 1.807) is 18.2 Å². The highest BCUT2D eigenvalue weighted by Gasteiger charge is 2.42. The quantitative estimate of drug-likeness (QED) is 0.348. The highest BCUT2D eigenvalue weighted by Crippen LogP contribution is 2.38. The highest BCUT2D eigenvalue weighted by molar-refractivity contribution is 14.0. The summed E-state index contributed by atoms with van der Waals surface area (Å²) >= 11 is 0. The van der Waals surface area contributed by atoms with Gasteiger partial charge in [0, 0.05) is 34.2 Å². The van der Waals surface area contributed by atoms with E-state index in [2.05, 4.69) is 20.5 Å². The van der Waals surface area contributed by atoms with Crippen molar-refractivity contribution in [1.29, 1.82) is 0 Å². The van der Waals surface area contributed by atoms with Gasteiger partial charge in [-0.3, -0.25) is 14.7 Å². The first-order valence-corrected chi connectivity index (χ1v) is 9.26. The van der Waals surface area contributed by atoms with Gasteiger partial charge in [-0.2, -0.15) is 0 Å². The van der Waals surface area contributed by atoms with Crippen molar-refractivity contribution < 1.29 is 9.21 Å². The summed E-state index contributed by atoms with van der Waals surface area (Å²) in [6.45, 7) is 1.27. The molecule has 1 saturated carbocycles. The maximum atomic E-state index is 12.7. The van der Waals surface area contributed by atoms with Crippen molar-refractivity contribution in [2.45, 2.75) is 31.7 Å². The molecule has 0 saturated heterocycles. The summed E-state index contributed by atoms with van der Waals surface area (Å²) in [5.41, 5.74) is -0.316. The van der Waals surface area contributed by atoms with Crippen LogP contribution in [0.1, 0.15) is 37.5 Å². The summed E-state index contributed by atoms with van der Waals surface area (Å²) in [6.07, 6.45) is 5.76. The molecule has 0 radical (unpaired) electrons. The third-order valence-electron chi connectivity index (χ3n) is 5.20. The molecule has 154 valence electrons. The van der Waals surface area contributed by atoms with Crippen molar-refractivity contribution in [3.63, 3.8) is 0 Å². The van der Waals surface area contributed by atoms with Gasteiger partial charge in [0.05, 0.1) is 17.7 Å². The molecular formula is C19H34IN5O2. The number of nitrogens with one attached hydrogen (secondary N) is 2. The molecule has 1 fully saturated rings. The molecule has 1 aromatic rings. The van der Waals surface area contributed by atoms with E-state index >= 15 is 0 Å². The van der Waals surface area contributed by atoms with Gasteiger partial charge in [-0.15, -0.1) is 24.0 Å². The van der Waals surface area contributed by atoms with E-state index in [4.69, 9.17) is 4.42 Å². The first kappa shape index (κ1) is 23.7. The van der Waals surface area contributed by atoms with Crippen LogP contribution in [0.4, 0.5) is 0 Å². The Morgan fingerprint density at radius 2 is 1.93 bits per heavy atom. The minimum Gasteiger partial charge on any atom is -0.468 e. The highest BCUT2D eigenvalue weighted by atomic mass is 127. The average molecular weight is 491 g/mol. The maximum Gasteiger partial charge on any atom is 0.230 e. The van der Waals surface area contributed by atoms with Gasteiger partial charge in [0.25, 0.3) is 0 Å². The molecule has 8 heteroatoms. The monoisotopic (exact) mass is 491 g/mol. The van der Waals surface area contributed by atoms with Gasteiger partial charge in [0.1, 0.15) is 5.76 Å². The molecule has 1 amide bonds. The Morgan fingerprint density at radius 1 is 1.26 bits per heavy atom. The molecule has 0 aliphatic heterocycles. The molecule has 0 bridgehead atoms.